The van der Waals surface area contributed by atoms with Crippen LogP contribution in [0.15, 0.2) is 22.7 Å². The van der Waals surface area contributed by atoms with E-state index in [-0.39, 0.29) is 0 Å². The van der Waals surface area contributed by atoms with E-state index in [9.17, 15) is 5.11 Å². The van der Waals surface area contributed by atoms with Gasteiger partial charge in [-0.1, -0.05) is 19.9 Å². The van der Waals surface area contributed by atoms with Crippen molar-refractivity contribution in [3.05, 3.63) is 28.2 Å². The van der Waals surface area contributed by atoms with E-state index in [2.05, 4.69) is 28.2 Å². The normalized spacial score (nSPS) is 14.3. The maximum Gasteiger partial charge on any atom is 0.133 e. The zero-order valence-corrected chi connectivity index (χ0v) is 12.9. The number of aliphatic hydroxyl groups is 1. The van der Waals surface area contributed by atoms with Crippen molar-refractivity contribution in [1.82, 2.24) is 5.32 Å². The monoisotopic (exact) mass is 315 g/mol. The Kier molecular flexibility index (Phi) is 6.12. The molecule has 0 aromatic heterocycles. The molecule has 0 aliphatic heterocycles. The molecule has 0 amide bonds. The first kappa shape index (κ1) is 15.5. The van der Waals surface area contributed by atoms with Crippen LogP contribution in [0.5, 0.6) is 5.75 Å². The van der Waals surface area contributed by atoms with Gasteiger partial charge in [0.1, 0.15) is 12.4 Å². The lowest BCUT2D eigenvalue weighted by Crippen LogP contribution is -2.31. The van der Waals surface area contributed by atoms with Gasteiger partial charge in [0.2, 0.25) is 0 Å². The molecule has 1 aromatic carbocycles. The van der Waals surface area contributed by atoms with Crippen LogP contribution in [0.2, 0.25) is 0 Å². The summed E-state index contributed by atoms with van der Waals surface area (Å²) in [5.74, 6) is 0.768. The van der Waals surface area contributed by atoms with Crippen LogP contribution in [0, 0.1) is 0 Å². The Morgan fingerprint density at radius 3 is 2.67 bits per heavy atom. The van der Waals surface area contributed by atoms with E-state index in [1.165, 1.54) is 5.56 Å². The maximum absolute atomic E-state index is 9.90. The van der Waals surface area contributed by atoms with E-state index in [4.69, 9.17) is 4.74 Å². The molecule has 0 aliphatic carbocycles. The molecule has 0 fully saturated rings. The van der Waals surface area contributed by atoms with Crippen molar-refractivity contribution >= 4 is 15.9 Å². The lowest BCUT2D eigenvalue weighted by atomic mass is 10.1. The van der Waals surface area contributed by atoms with Crippen molar-refractivity contribution in [2.45, 2.75) is 39.3 Å². The molecular formula is C14H22BrNO2. The van der Waals surface area contributed by atoms with Crippen LogP contribution < -0.4 is 10.1 Å². The molecule has 0 spiro atoms. The largest absolute Gasteiger partial charge is 0.489 e. The van der Waals surface area contributed by atoms with Crippen molar-refractivity contribution in [1.29, 1.82) is 0 Å². The van der Waals surface area contributed by atoms with Crippen LogP contribution >= 0.6 is 15.9 Å². The van der Waals surface area contributed by atoms with Gasteiger partial charge in [0, 0.05) is 6.54 Å². The minimum Gasteiger partial charge on any atom is -0.489 e. The predicted molar refractivity (Wildman–Crippen MR) is 77.9 cm³/mol. The summed E-state index contributed by atoms with van der Waals surface area (Å²) in [5.41, 5.74) is 0.431. The number of halogens is 1. The van der Waals surface area contributed by atoms with E-state index in [1.807, 2.05) is 25.1 Å². The first-order valence-corrected chi connectivity index (χ1v) is 7.12. The van der Waals surface area contributed by atoms with Crippen LogP contribution in [0.25, 0.3) is 0 Å². The van der Waals surface area contributed by atoms with Crippen molar-refractivity contribution in [2.75, 3.05) is 13.2 Å². The number of nitrogens with one attached hydrogen (secondary N) is 1. The van der Waals surface area contributed by atoms with Crippen LogP contribution in [0.1, 0.15) is 32.8 Å². The molecule has 0 heterocycles. The second-order valence-electron chi connectivity index (χ2n) is 4.68. The van der Waals surface area contributed by atoms with Crippen molar-refractivity contribution in [3.63, 3.8) is 0 Å². The van der Waals surface area contributed by atoms with Crippen molar-refractivity contribution in [3.8, 4) is 5.75 Å². The fourth-order valence-corrected chi connectivity index (χ4v) is 1.92. The van der Waals surface area contributed by atoms with Gasteiger partial charge in [-0.3, -0.25) is 0 Å². The summed E-state index contributed by atoms with van der Waals surface area (Å²) in [4.78, 5) is 0. The molecule has 18 heavy (non-hydrogen) atoms. The minimum absolute atomic E-state index is 0.300. The molecule has 1 unspecified atom stereocenters. The molecule has 2 N–H and O–H groups in total. The molecule has 1 atom stereocenters. The van der Waals surface area contributed by atoms with Crippen molar-refractivity contribution < 1.29 is 9.84 Å². The molecule has 4 heteroatoms. The number of hydrogen-bond acceptors (Lipinski definition) is 3. The summed E-state index contributed by atoms with van der Waals surface area (Å²) in [6.45, 7) is 7.91. The van der Waals surface area contributed by atoms with Gasteiger partial charge in [0.25, 0.3) is 0 Å². The summed E-state index contributed by atoms with van der Waals surface area (Å²) < 4.78 is 6.56. The van der Waals surface area contributed by atoms with Gasteiger partial charge in [0.15, 0.2) is 0 Å². The smallest absolute Gasteiger partial charge is 0.133 e. The third-order valence-corrected chi connectivity index (χ3v) is 3.50. The molecule has 0 bridgehead atoms. The molecule has 0 aliphatic rings. The highest BCUT2D eigenvalue weighted by atomic mass is 79.9. The molecule has 0 saturated heterocycles. The Morgan fingerprint density at radius 1 is 1.39 bits per heavy atom. The predicted octanol–water partition coefficient (Wildman–Crippen LogP) is 3.10. The fourth-order valence-electron chi connectivity index (χ4n) is 1.38. The molecule has 0 radical (unpaired) electrons. The fraction of sp³-hybridized carbons (Fsp3) is 0.571. The standard InChI is InChI=1S/C14H22BrNO2/c1-4-14(3,17)10-18-13-7-6-11(8-12(13)15)9-16-5-2/h6-8,16-17H,4-5,9-10H2,1-3H3. The summed E-state index contributed by atoms with van der Waals surface area (Å²) in [6.07, 6.45) is 0.670. The van der Waals surface area contributed by atoms with Gasteiger partial charge in [-0.15, -0.1) is 0 Å². The molecule has 1 aromatic rings. The summed E-state index contributed by atoms with van der Waals surface area (Å²) in [6, 6.07) is 6.00. The quantitative estimate of drug-likeness (QED) is 0.812. The van der Waals surface area contributed by atoms with E-state index in [0.29, 0.717) is 13.0 Å². The van der Waals surface area contributed by atoms with Gasteiger partial charge >= 0.3 is 0 Å². The molecular weight excluding hydrogens is 294 g/mol. The highest BCUT2D eigenvalue weighted by Crippen LogP contribution is 2.27. The zero-order chi connectivity index (χ0) is 13.6. The molecule has 3 nitrogen and oxygen atoms in total. The summed E-state index contributed by atoms with van der Waals surface area (Å²) in [5, 5.41) is 13.2. The van der Waals surface area contributed by atoms with E-state index >= 15 is 0 Å². The Morgan fingerprint density at radius 2 is 2.11 bits per heavy atom. The third-order valence-electron chi connectivity index (χ3n) is 2.88. The number of hydrogen-bond donors (Lipinski definition) is 2. The Labute approximate surface area is 118 Å². The average Bonchev–Trinajstić information content (AvgIpc) is 2.35. The molecule has 102 valence electrons. The van der Waals surface area contributed by atoms with E-state index < -0.39 is 5.60 Å². The maximum atomic E-state index is 9.90. The summed E-state index contributed by atoms with van der Waals surface area (Å²) >= 11 is 3.49. The van der Waals surface area contributed by atoms with E-state index in [1.54, 1.807) is 6.92 Å². The molecule has 0 saturated carbocycles. The SMILES string of the molecule is CCNCc1ccc(OCC(C)(O)CC)c(Br)c1. The lowest BCUT2D eigenvalue weighted by molar-refractivity contribution is 0.00823. The first-order chi connectivity index (χ1) is 8.48. The second-order valence-corrected chi connectivity index (χ2v) is 5.54. The van der Waals surface area contributed by atoms with Gasteiger partial charge in [-0.05, 0) is 53.5 Å². The topological polar surface area (TPSA) is 41.5 Å². The average molecular weight is 316 g/mol. The van der Waals surface area contributed by atoms with Crippen LogP contribution in [-0.2, 0) is 6.54 Å². The highest BCUT2D eigenvalue weighted by molar-refractivity contribution is 9.10. The second kappa shape index (κ2) is 7.12. The first-order valence-electron chi connectivity index (χ1n) is 6.33. The number of ether oxygens (including phenoxy) is 1. The minimum atomic E-state index is -0.776. The van der Waals surface area contributed by atoms with Gasteiger partial charge in [-0.2, -0.15) is 0 Å². The van der Waals surface area contributed by atoms with Crippen LogP contribution in [0.4, 0.5) is 0 Å². The Hall–Kier alpha value is -0.580. The van der Waals surface area contributed by atoms with E-state index in [0.717, 1.165) is 23.3 Å². The highest BCUT2D eigenvalue weighted by Gasteiger charge is 2.18. The molecule has 1 rings (SSSR count). The zero-order valence-electron chi connectivity index (χ0n) is 11.3. The van der Waals surface area contributed by atoms with Gasteiger partial charge < -0.3 is 15.2 Å². The summed E-state index contributed by atoms with van der Waals surface area (Å²) in [7, 11) is 0. The van der Waals surface area contributed by atoms with Crippen LogP contribution in [0.3, 0.4) is 0 Å². The lowest BCUT2D eigenvalue weighted by Gasteiger charge is -2.22. The van der Waals surface area contributed by atoms with Crippen LogP contribution in [-0.4, -0.2) is 23.9 Å². The third kappa shape index (κ3) is 4.96. The number of rotatable bonds is 7. The number of benzene rings is 1. The van der Waals surface area contributed by atoms with Gasteiger partial charge in [-0.25, -0.2) is 0 Å². The van der Waals surface area contributed by atoms with Gasteiger partial charge in [0.05, 0.1) is 10.1 Å². The Balaban J connectivity index is 2.62. The Bertz CT molecular complexity index is 380. The van der Waals surface area contributed by atoms with Crippen molar-refractivity contribution in [2.24, 2.45) is 0 Å².